The molecule has 0 bridgehead atoms. The molecule has 1 aliphatic heterocycles. The van der Waals surface area contributed by atoms with Crippen LogP contribution >= 0.6 is 21.8 Å². The molecule has 1 unspecified atom stereocenters. The quantitative estimate of drug-likeness (QED) is 0.215. The molecule has 1 aromatic heterocycles. The first-order valence-corrected chi connectivity index (χ1v) is 18.8. The number of nitrogens with two attached hydrogens (primary N) is 1. The zero-order chi connectivity index (χ0) is 30.2. The lowest BCUT2D eigenvalue weighted by Gasteiger charge is -2.48. The molecule has 2 fully saturated rings. The van der Waals surface area contributed by atoms with E-state index in [1.54, 1.807) is 0 Å². The fraction of sp³-hybridized carbons (Fsp3) is 0.697. The monoisotopic (exact) mass is 604 g/mol. The van der Waals surface area contributed by atoms with Crippen molar-refractivity contribution in [3.05, 3.63) is 36.0 Å². The summed E-state index contributed by atoms with van der Waals surface area (Å²) in [6.07, 6.45) is 7.99. The van der Waals surface area contributed by atoms with Gasteiger partial charge in [-0.1, -0.05) is 54.4 Å². The van der Waals surface area contributed by atoms with Crippen molar-refractivity contribution in [2.75, 3.05) is 49.0 Å². The maximum Gasteiger partial charge on any atom is 0.161 e. The molecule has 8 heteroatoms. The van der Waals surface area contributed by atoms with Crippen LogP contribution in [0.1, 0.15) is 86.3 Å². The van der Waals surface area contributed by atoms with E-state index in [-0.39, 0.29) is 27.4 Å². The second-order valence-corrected chi connectivity index (χ2v) is 19.1. The van der Waals surface area contributed by atoms with Crippen LogP contribution in [0.5, 0.6) is 0 Å². The molecule has 2 heterocycles. The molecule has 1 aromatic carbocycles. The van der Waals surface area contributed by atoms with Crippen LogP contribution in [0.25, 0.3) is 11.4 Å². The Kier molecular flexibility index (Phi) is 12.7. The summed E-state index contributed by atoms with van der Waals surface area (Å²) >= 11 is 1.96. The standard InChI is InChI=1S/C23H32N4O2S.C10H24S/c1-17-16-29-13-11-27(17)21-15-20(23(9-2-3-10-23)30-14-4-12-28)25-22(26-21)18-5-7-19(24)8-6-18;1-8(2)11(7,9(3)4)10(5)6/h5-8,15,17,28H,2-4,9-14,16,24H2,1H3;8-10H,1-7H3. The predicted molar refractivity (Wildman–Crippen MR) is 183 cm³/mol. The van der Waals surface area contributed by atoms with Gasteiger partial charge < -0.3 is 20.5 Å². The van der Waals surface area contributed by atoms with Gasteiger partial charge in [-0.25, -0.2) is 20.0 Å². The predicted octanol–water partition coefficient (Wildman–Crippen LogP) is 7.48. The van der Waals surface area contributed by atoms with E-state index in [0.717, 1.165) is 82.5 Å². The number of hydrogen-bond donors (Lipinski definition) is 2. The Labute approximate surface area is 256 Å². The normalized spacial score (nSPS) is 19.5. The molecule has 0 radical (unpaired) electrons. The fourth-order valence-electron chi connectivity index (χ4n) is 6.03. The Hall–Kier alpha value is -1.48. The smallest absolute Gasteiger partial charge is 0.161 e. The van der Waals surface area contributed by atoms with Crippen LogP contribution in [-0.4, -0.2) is 75.2 Å². The summed E-state index contributed by atoms with van der Waals surface area (Å²) in [4.78, 5) is 12.4. The van der Waals surface area contributed by atoms with Crippen LogP contribution in [0.4, 0.5) is 11.5 Å². The van der Waals surface area contributed by atoms with Gasteiger partial charge in [0.1, 0.15) is 5.82 Å². The number of rotatable bonds is 10. The van der Waals surface area contributed by atoms with E-state index in [1.165, 1.54) is 12.8 Å². The summed E-state index contributed by atoms with van der Waals surface area (Å²) < 4.78 is 5.66. The largest absolute Gasteiger partial charge is 0.399 e. The average molecular weight is 605 g/mol. The third-order valence-corrected chi connectivity index (χ3v) is 16.9. The molecule has 4 rings (SSSR count). The summed E-state index contributed by atoms with van der Waals surface area (Å²) in [5.41, 5.74) is 8.75. The minimum Gasteiger partial charge on any atom is -0.399 e. The molecule has 0 amide bonds. The first-order valence-electron chi connectivity index (χ1n) is 15.5. The summed E-state index contributed by atoms with van der Waals surface area (Å²) in [6.45, 7) is 18.9. The van der Waals surface area contributed by atoms with E-state index >= 15 is 0 Å². The summed E-state index contributed by atoms with van der Waals surface area (Å²) in [5, 5.41) is 11.9. The van der Waals surface area contributed by atoms with Crippen molar-refractivity contribution in [3.8, 4) is 11.4 Å². The molecular weight excluding hydrogens is 549 g/mol. The summed E-state index contributed by atoms with van der Waals surface area (Å²) in [6, 6.07) is 10.3. The number of aliphatic hydroxyl groups excluding tert-OH is 1. The number of nitrogens with zero attached hydrogens (tertiary/aromatic N) is 3. The van der Waals surface area contributed by atoms with E-state index in [2.05, 4.69) is 65.7 Å². The van der Waals surface area contributed by atoms with Crippen molar-refractivity contribution in [3.63, 3.8) is 0 Å². The third-order valence-electron chi connectivity index (χ3n) is 9.15. The SMILES string of the molecule is CC(C)S(C)(C(C)C)C(C)C.CC1COCCN1c1cc(C2(SCCCO)CCCC2)nc(-c2ccc(N)cc2)n1. The summed E-state index contributed by atoms with van der Waals surface area (Å²) in [7, 11) is -0.389. The average Bonchev–Trinajstić information content (AvgIpc) is 3.43. The van der Waals surface area contributed by atoms with Crippen molar-refractivity contribution in [2.45, 2.75) is 107 Å². The highest BCUT2D eigenvalue weighted by Crippen LogP contribution is 2.57. The topological polar surface area (TPSA) is 84.5 Å². The molecule has 1 saturated carbocycles. The van der Waals surface area contributed by atoms with Gasteiger partial charge in [0, 0.05) is 30.5 Å². The number of aliphatic hydroxyl groups is 1. The highest BCUT2D eigenvalue weighted by molar-refractivity contribution is 8.34. The van der Waals surface area contributed by atoms with E-state index in [0.29, 0.717) is 6.61 Å². The molecule has 232 valence electrons. The fourth-order valence-corrected chi connectivity index (χ4v) is 10.8. The Bertz CT molecular complexity index is 1050. The van der Waals surface area contributed by atoms with Gasteiger partial charge in [-0.15, -0.1) is 11.8 Å². The second-order valence-electron chi connectivity index (χ2n) is 12.6. The lowest BCUT2D eigenvalue weighted by molar-refractivity contribution is 0.0985. The van der Waals surface area contributed by atoms with Crippen LogP contribution in [-0.2, 0) is 9.48 Å². The number of anilines is 2. The highest BCUT2D eigenvalue weighted by atomic mass is 32.3. The van der Waals surface area contributed by atoms with Gasteiger partial charge in [-0.05, 0) is 78.2 Å². The van der Waals surface area contributed by atoms with Crippen LogP contribution in [0.15, 0.2) is 30.3 Å². The van der Waals surface area contributed by atoms with Crippen molar-refractivity contribution < 1.29 is 9.84 Å². The van der Waals surface area contributed by atoms with Gasteiger partial charge >= 0.3 is 0 Å². The molecular formula is C33H56N4O2S2. The highest BCUT2D eigenvalue weighted by Gasteiger charge is 2.38. The van der Waals surface area contributed by atoms with E-state index in [9.17, 15) is 5.11 Å². The maximum absolute atomic E-state index is 9.29. The molecule has 2 aliphatic rings. The molecule has 6 nitrogen and oxygen atoms in total. The van der Waals surface area contributed by atoms with E-state index in [1.807, 2.05) is 36.0 Å². The Morgan fingerprint density at radius 3 is 2.17 bits per heavy atom. The molecule has 2 aromatic rings. The van der Waals surface area contributed by atoms with Crippen molar-refractivity contribution in [2.24, 2.45) is 0 Å². The van der Waals surface area contributed by atoms with Gasteiger partial charge in [0.25, 0.3) is 0 Å². The van der Waals surface area contributed by atoms with E-state index in [4.69, 9.17) is 20.4 Å². The van der Waals surface area contributed by atoms with Gasteiger partial charge in [0.15, 0.2) is 5.82 Å². The number of benzene rings is 1. The number of nitrogen functional groups attached to an aromatic ring is 1. The van der Waals surface area contributed by atoms with Crippen molar-refractivity contribution in [1.29, 1.82) is 0 Å². The number of morpholine rings is 1. The second kappa shape index (κ2) is 15.3. The molecule has 1 saturated heterocycles. The Morgan fingerprint density at radius 2 is 1.66 bits per heavy atom. The first kappa shape index (κ1) is 34.0. The maximum atomic E-state index is 9.29. The molecule has 1 atom stereocenters. The zero-order valence-electron chi connectivity index (χ0n) is 26.9. The molecule has 41 heavy (non-hydrogen) atoms. The van der Waals surface area contributed by atoms with E-state index < -0.39 is 0 Å². The Balaban J connectivity index is 0.000000358. The first-order chi connectivity index (χ1) is 19.4. The van der Waals surface area contributed by atoms with Gasteiger partial charge in [-0.2, -0.15) is 0 Å². The number of thioether (sulfide) groups is 1. The van der Waals surface area contributed by atoms with Crippen LogP contribution < -0.4 is 10.6 Å². The number of aromatic nitrogens is 2. The van der Waals surface area contributed by atoms with Crippen LogP contribution in [0.3, 0.4) is 0 Å². The minimum absolute atomic E-state index is 0.00490. The number of ether oxygens (including phenoxy) is 1. The van der Waals surface area contributed by atoms with Crippen molar-refractivity contribution >= 4 is 33.3 Å². The molecule has 3 N–H and O–H groups in total. The lowest BCUT2D eigenvalue weighted by atomic mass is 10.0. The van der Waals surface area contributed by atoms with Gasteiger partial charge in [-0.3, -0.25) is 0 Å². The summed E-state index contributed by atoms with van der Waals surface area (Å²) in [5.74, 6) is 2.69. The van der Waals surface area contributed by atoms with Gasteiger partial charge in [0.05, 0.1) is 29.7 Å². The Morgan fingerprint density at radius 1 is 1.05 bits per heavy atom. The third kappa shape index (κ3) is 8.33. The van der Waals surface area contributed by atoms with Crippen LogP contribution in [0, 0.1) is 0 Å². The lowest BCUT2D eigenvalue weighted by Crippen LogP contribution is -2.44. The van der Waals surface area contributed by atoms with Crippen LogP contribution in [0.2, 0.25) is 0 Å². The zero-order valence-corrected chi connectivity index (χ0v) is 28.5. The molecule has 0 spiro atoms. The molecule has 1 aliphatic carbocycles. The van der Waals surface area contributed by atoms with Crippen molar-refractivity contribution in [1.82, 2.24) is 9.97 Å². The minimum atomic E-state index is -0.389. The number of hydrogen-bond acceptors (Lipinski definition) is 7. The van der Waals surface area contributed by atoms with Gasteiger partial charge in [0.2, 0.25) is 0 Å².